The van der Waals surface area contributed by atoms with Crippen LogP contribution in [-0.2, 0) is 0 Å². The summed E-state index contributed by atoms with van der Waals surface area (Å²) in [5, 5.41) is 13.7. The van der Waals surface area contributed by atoms with Crippen LogP contribution in [0.15, 0.2) is 77.9 Å². The first kappa shape index (κ1) is 24.2. The molecular formula is C25H19ClF2N6O3. The number of aryl methyl sites for hydroxylation is 1. The number of hydrogen-bond donors (Lipinski definition) is 0. The smallest absolute Gasteiger partial charge is 0.388 e. The molecule has 0 N–H and O–H groups in total. The van der Waals surface area contributed by atoms with Crippen LogP contribution in [0.2, 0.25) is 5.02 Å². The molecule has 2 aromatic carbocycles. The third kappa shape index (κ3) is 4.81. The zero-order chi connectivity index (χ0) is 26.1. The summed E-state index contributed by atoms with van der Waals surface area (Å²) in [7, 11) is 1.46. The van der Waals surface area contributed by atoms with Gasteiger partial charge in [-0.05, 0) is 43.3 Å². The number of rotatable bonds is 7. The number of aromatic nitrogens is 6. The first-order valence-electron chi connectivity index (χ1n) is 10.9. The van der Waals surface area contributed by atoms with Crippen molar-refractivity contribution in [3.63, 3.8) is 0 Å². The minimum atomic E-state index is -3.00. The van der Waals surface area contributed by atoms with Gasteiger partial charge >= 0.3 is 6.61 Å². The van der Waals surface area contributed by atoms with Crippen molar-refractivity contribution >= 4 is 11.6 Å². The summed E-state index contributed by atoms with van der Waals surface area (Å²) in [5.41, 5.74) is 2.64. The molecule has 37 heavy (non-hydrogen) atoms. The molecule has 0 amide bonds. The number of benzene rings is 2. The average molecular weight is 525 g/mol. The van der Waals surface area contributed by atoms with E-state index in [0.29, 0.717) is 39.2 Å². The van der Waals surface area contributed by atoms with Crippen molar-refractivity contribution in [2.45, 2.75) is 13.5 Å². The summed E-state index contributed by atoms with van der Waals surface area (Å²) >= 11 is 6.17. The van der Waals surface area contributed by atoms with Gasteiger partial charge in [0.2, 0.25) is 11.3 Å². The third-order valence-electron chi connectivity index (χ3n) is 5.41. The van der Waals surface area contributed by atoms with Gasteiger partial charge in [-0.1, -0.05) is 17.7 Å². The average Bonchev–Trinajstić information content (AvgIpc) is 3.50. The molecule has 9 nitrogen and oxygen atoms in total. The van der Waals surface area contributed by atoms with Crippen molar-refractivity contribution in [1.29, 1.82) is 0 Å². The highest BCUT2D eigenvalue weighted by Crippen LogP contribution is 2.29. The Kier molecular flexibility index (Phi) is 6.45. The molecule has 3 heterocycles. The highest BCUT2D eigenvalue weighted by atomic mass is 35.5. The Balaban J connectivity index is 1.59. The van der Waals surface area contributed by atoms with E-state index in [4.69, 9.17) is 16.3 Å². The fourth-order valence-electron chi connectivity index (χ4n) is 3.85. The third-order valence-corrected chi connectivity index (χ3v) is 5.64. The predicted molar refractivity (Wildman–Crippen MR) is 132 cm³/mol. The lowest BCUT2D eigenvalue weighted by molar-refractivity contribution is -0.0544. The predicted octanol–water partition coefficient (Wildman–Crippen LogP) is 4.84. The number of ether oxygens (including phenoxy) is 2. The summed E-state index contributed by atoms with van der Waals surface area (Å²) in [6.07, 6.45) is 2.86. The first-order valence-corrected chi connectivity index (χ1v) is 11.3. The maximum Gasteiger partial charge on any atom is 0.388 e. The molecule has 0 atom stereocenters. The fourth-order valence-corrected chi connectivity index (χ4v) is 4.03. The molecular weight excluding hydrogens is 506 g/mol. The lowest BCUT2D eigenvalue weighted by Gasteiger charge is -2.14. The van der Waals surface area contributed by atoms with E-state index >= 15 is 0 Å². The minimum Gasteiger partial charge on any atom is -0.494 e. The Labute approximate surface area is 214 Å². The van der Waals surface area contributed by atoms with E-state index < -0.39 is 6.61 Å². The van der Waals surface area contributed by atoms with E-state index in [1.807, 2.05) is 13.0 Å². The summed E-state index contributed by atoms with van der Waals surface area (Å²) in [6.45, 7) is -1.18. The van der Waals surface area contributed by atoms with Gasteiger partial charge in [0.25, 0.3) is 0 Å². The van der Waals surface area contributed by atoms with Gasteiger partial charge in [-0.2, -0.15) is 24.1 Å². The van der Waals surface area contributed by atoms with Crippen LogP contribution in [-0.4, -0.2) is 43.1 Å². The number of nitrogens with zero attached hydrogens (tertiary/aromatic N) is 6. The summed E-state index contributed by atoms with van der Waals surface area (Å²) in [6, 6.07) is 16.5. The van der Waals surface area contributed by atoms with Crippen LogP contribution in [0.5, 0.6) is 11.6 Å². The van der Waals surface area contributed by atoms with Crippen LogP contribution >= 0.6 is 11.6 Å². The lowest BCUT2D eigenvalue weighted by Crippen LogP contribution is -2.15. The standard InChI is InChI=1S/C25H19ClF2N6O3/c1-15-12-20(33(30-15)17-5-3-4-16(26)13-17)24-21(35)9-11-32(31-24)19-7-6-18(14-22(19)36-2)34-23(8-10-29-34)37-25(27)28/h3-14,25H,1-2H3. The molecule has 0 aliphatic carbocycles. The number of methoxy groups -OCH3 is 1. The minimum absolute atomic E-state index is 0.127. The Hall–Kier alpha value is -4.51. The Morgan fingerprint density at radius 3 is 2.54 bits per heavy atom. The number of hydrogen-bond acceptors (Lipinski definition) is 6. The Morgan fingerprint density at radius 2 is 1.78 bits per heavy atom. The van der Waals surface area contributed by atoms with Crippen LogP contribution in [0.3, 0.4) is 0 Å². The van der Waals surface area contributed by atoms with Gasteiger partial charge in [-0.3, -0.25) is 4.79 Å². The molecule has 188 valence electrons. The highest BCUT2D eigenvalue weighted by molar-refractivity contribution is 6.30. The van der Waals surface area contributed by atoms with Crippen LogP contribution in [0.1, 0.15) is 5.69 Å². The molecule has 0 unspecified atom stereocenters. The summed E-state index contributed by atoms with van der Waals surface area (Å²) in [4.78, 5) is 12.9. The van der Waals surface area contributed by atoms with Gasteiger partial charge in [-0.15, -0.1) is 0 Å². The molecule has 0 aliphatic rings. The highest BCUT2D eigenvalue weighted by Gasteiger charge is 2.18. The van der Waals surface area contributed by atoms with Gasteiger partial charge in [0.1, 0.15) is 11.4 Å². The molecule has 5 aromatic rings. The zero-order valence-corrected chi connectivity index (χ0v) is 20.3. The SMILES string of the molecule is COc1cc(-n2nccc2OC(F)F)ccc1-n1ccc(=O)c(-c2cc(C)nn2-c2cccc(Cl)c2)n1. The van der Waals surface area contributed by atoms with Gasteiger partial charge in [0.15, 0.2) is 5.69 Å². The lowest BCUT2D eigenvalue weighted by atomic mass is 10.2. The van der Waals surface area contributed by atoms with Crippen molar-refractivity contribution in [3.05, 3.63) is 94.0 Å². The maximum absolute atomic E-state index is 12.9. The molecule has 0 saturated heterocycles. The topological polar surface area (TPSA) is 89.0 Å². The molecule has 0 radical (unpaired) electrons. The Morgan fingerprint density at radius 1 is 0.973 bits per heavy atom. The maximum atomic E-state index is 12.9. The first-order chi connectivity index (χ1) is 17.8. The zero-order valence-electron chi connectivity index (χ0n) is 19.5. The van der Waals surface area contributed by atoms with Crippen LogP contribution in [0.25, 0.3) is 28.5 Å². The van der Waals surface area contributed by atoms with Crippen molar-refractivity contribution in [2.24, 2.45) is 0 Å². The van der Waals surface area contributed by atoms with E-state index in [2.05, 4.69) is 20.0 Å². The number of alkyl halides is 2. The monoisotopic (exact) mass is 524 g/mol. The van der Waals surface area contributed by atoms with E-state index in [-0.39, 0.29) is 17.0 Å². The van der Waals surface area contributed by atoms with Gasteiger partial charge in [0, 0.05) is 29.4 Å². The molecule has 0 fully saturated rings. The van der Waals surface area contributed by atoms with Gasteiger partial charge in [-0.25, -0.2) is 14.0 Å². The molecule has 3 aromatic heterocycles. The van der Waals surface area contributed by atoms with Crippen LogP contribution in [0, 0.1) is 6.92 Å². The van der Waals surface area contributed by atoms with Crippen molar-refractivity contribution in [3.8, 4) is 40.1 Å². The van der Waals surface area contributed by atoms with E-state index in [1.165, 1.54) is 41.0 Å². The second-order valence-electron chi connectivity index (χ2n) is 7.85. The summed E-state index contributed by atoms with van der Waals surface area (Å²) < 4.78 is 39.9. The van der Waals surface area contributed by atoms with Crippen molar-refractivity contribution in [2.75, 3.05) is 7.11 Å². The second-order valence-corrected chi connectivity index (χ2v) is 8.29. The van der Waals surface area contributed by atoms with E-state index in [9.17, 15) is 13.6 Å². The molecule has 0 saturated carbocycles. The molecule has 0 aliphatic heterocycles. The summed E-state index contributed by atoms with van der Waals surface area (Å²) in [5.74, 6) is 0.232. The molecule has 12 heteroatoms. The van der Waals surface area contributed by atoms with Crippen LogP contribution < -0.4 is 14.9 Å². The van der Waals surface area contributed by atoms with E-state index in [0.717, 1.165) is 0 Å². The van der Waals surface area contributed by atoms with Crippen molar-refractivity contribution < 1.29 is 18.3 Å². The normalized spacial score (nSPS) is 11.2. The largest absolute Gasteiger partial charge is 0.494 e. The Bertz CT molecular complexity index is 1650. The quantitative estimate of drug-likeness (QED) is 0.302. The number of halogens is 3. The fraction of sp³-hybridized carbons (Fsp3) is 0.120. The van der Waals surface area contributed by atoms with Gasteiger partial charge in [0.05, 0.1) is 36.1 Å². The molecule has 0 bridgehead atoms. The van der Waals surface area contributed by atoms with Crippen LogP contribution in [0.4, 0.5) is 8.78 Å². The van der Waals surface area contributed by atoms with Crippen molar-refractivity contribution in [1.82, 2.24) is 29.3 Å². The molecule has 5 rings (SSSR count). The molecule has 0 spiro atoms. The second kappa shape index (κ2) is 9.86. The van der Waals surface area contributed by atoms with E-state index in [1.54, 1.807) is 47.1 Å². The van der Waals surface area contributed by atoms with Gasteiger partial charge < -0.3 is 9.47 Å².